The number of amides is 3. The maximum absolute atomic E-state index is 12.8. The number of hydrogen-bond donors (Lipinski definition) is 2. The third kappa shape index (κ3) is 5.03. The number of hydrogen-bond acceptors (Lipinski definition) is 3. The second kappa shape index (κ2) is 8.27. The van der Waals surface area contributed by atoms with Crippen LogP contribution in [0.15, 0.2) is 30.3 Å². The summed E-state index contributed by atoms with van der Waals surface area (Å²) in [5, 5.41) is 9.48. The zero-order chi connectivity index (χ0) is 18.4. The van der Waals surface area contributed by atoms with Crippen LogP contribution >= 0.6 is 0 Å². The first-order chi connectivity index (χ1) is 11.9. The van der Waals surface area contributed by atoms with Gasteiger partial charge in [-0.15, -0.1) is 0 Å². The van der Waals surface area contributed by atoms with Crippen molar-refractivity contribution in [3.8, 4) is 0 Å². The largest absolute Gasteiger partial charge is 0.339 e. The molecule has 2 N–H and O–H groups in total. The van der Waals surface area contributed by atoms with Crippen molar-refractivity contribution >= 4 is 17.6 Å². The summed E-state index contributed by atoms with van der Waals surface area (Å²) in [5.41, 5.74) is 1.80. The Morgan fingerprint density at radius 2 is 1.96 bits per heavy atom. The molecule has 2 aromatic rings. The number of carbonyl (C=O) groups is 2. The van der Waals surface area contributed by atoms with Gasteiger partial charge in [0.05, 0.1) is 0 Å². The van der Waals surface area contributed by atoms with E-state index in [-0.39, 0.29) is 18.3 Å². The molecule has 1 aromatic carbocycles. The number of urea groups is 1. The standard InChI is InChI=1S/C17H22FN5O2/c1-4-23-12(2)11-15(21-23)16(24)22(3)10-9-19-17(25)20-14-7-5-13(18)6-8-14/h5-8,11H,4,9-10H2,1-3H3,(H2,19,20,25). The highest BCUT2D eigenvalue weighted by atomic mass is 19.1. The topological polar surface area (TPSA) is 79.3 Å². The minimum atomic E-state index is -0.418. The van der Waals surface area contributed by atoms with Crippen molar-refractivity contribution in [2.24, 2.45) is 0 Å². The van der Waals surface area contributed by atoms with Gasteiger partial charge >= 0.3 is 6.03 Å². The fraction of sp³-hybridized carbons (Fsp3) is 0.353. The third-order valence-electron chi connectivity index (χ3n) is 3.68. The summed E-state index contributed by atoms with van der Waals surface area (Å²) in [6.07, 6.45) is 0. The monoisotopic (exact) mass is 347 g/mol. The second-order valence-electron chi connectivity index (χ2n) is 5.60. The Hall–Kier alpha value is -2.90. The number of likely N-dealkylation sites (N-methyl/N-ethyl adjacent to an activating group) is 1. The maximum Gasteiger partial charge on any atom is 0.319 e. The highest BCUT2D eigenvalue weighted by molar-refractivity contribution is 5.92. The van der Waals surface area contributed by atoms with Crippen LogP contribution in [0.3, 0.4) is 0 Å². The van der Waals surface area contributed by atoms with Crippen molar-refractivity contribution in [2.45, 2.75) is 20.4 Å². The predicted molar refractivity (Wildman–Crippen MR) is 93.0 cm³/mol. The van der Waals surface area contributed by atoms with Gasteiger partial charge in [0.25, 0.3) is 5.91 Å². The molecule has 3 amide bonds. The number of aryl methyl sites for hydroxylation is 2. The van der Waals surface area contributed by atoms with E-state index in [0.717, 1.165) is 5.69 Å². The quantitative estimate of drug-likeness (QED) is 0.841. The Morgan fingerprint density at radius 1 is 1.28 bits per heavy atom. The molecule has 0 aliphatic rings. The SMILES string of the molecule is CCn1nc(C(=O)N(C)CCNC(=O)Nc2ccc(F)cc2)cc1C. The summed E-state index contributed by atoms with van der Waals surface area (Å²) in [5.74, 6) is -0.567. The summed E-state index contributed by atoms with van der Waals surface area (Å²) in [6.45, 7) is 5.18. The Balaban J connectivity index is 1.78. The van der Waals surface area contributed by atoms with Gasteiger partial charge in [-0.05, 0) is 44.2 Å². The lowest BCUT2D eigenvalue weighted by Gasteiger charge is -2.16. The summed E-state index contributed by atoms with van der Waals surface area (Å²) >= 11 is 0. The molecule has 7 nitrogen and oxygen atoms in total. The minimum Gasteiger partial charge on any atom is -0.339 e. The van der Waals surface area contributed by atoms with Crippen LogP contribution in [0.4, 0.5) is 14.9 Å². The van der Waals surface area contributed by atoms with Crippen LogP contribution < -0.4 is 10.6 Å². The molecule has 0 spiro atoms. The molecular formula is C17H22FN5O2. The lowest BCUT2D eigenvalue weighted by Crippen LogP contribution is -2.38. The Labute approximate surface area is 145 Å². The molecule has 0 aliphatic heterocycles. The van der Waals surface area contributed by atoms with E-state index in [0.29, 0.717) is 24.5 Å². The van der Waals surface area contributed by atoms with Crippen molar-refractivity contribution in [1.82, 2.24) is 20.0 Å². The Morgan fingerprint density at radius 3 is 2.56 bits per heavy atom. The average molecular weight is 347 g/mol. The van der Waals surface area contributed by atoms with Crippen LogP contribution in [-0.2, 0) is 6.54 Å². The zero-order valence-corrected chi connectivity index (χ0v) is 14.5. The molecule has 25 heavy (non-hydrogen) atoms. The van der Waals surface area contributed by atoms with Crippen molar-refractivity contribution < 1.29 is 14.0 Å². The molecule has 0 atom stereocenters. The van der Waals surface area contributed by atoms with Crippen LogP contribution in [0, 0.1) is 12.7 Å². The van der Waals surface area contributed by atoms with E-state index < -0.39 is 6.03 Å². The van der Waals surface area contributed by atoms with Gasteiger partial charge in [-0.2, -0.15) is 5.10 Å². The van der Waals surface area contributed by atoms with E-state index in [9.17, 15) is 14.0 Å². The normalized spacial score (nSPS) is 10.4. The van der Waals surface area contributed by atoms with Gasteiger partial charge in [0.2, 0.25) is 0 Å². The van der Waals surface area contributed by atoms with E-state index >= 15 is 0 Å². The lowest BCUT2D eigenvalue weighted by atomic mass is 10.3. The van der Waals surface area contributed by atoms with Crippen LogP contribution in [0.2, 0.25) is 0 Å². The second-order valence-corrected chi connectivity index (χ2v) is 5.60. The van der Waals surface area contributed by atoms with Gasteiger partial charge in [-0.1, -0.05) is 0 Å². The fourth-order valence-corrected chi connectivity index (χ4v) is 2.28. The molecule has 0 bridgehead atoms. The molecule has 2 rings (SSSR count). The van der Waals surface area contributed by atoms with E-state index in [1.165, 1.54) is 29.2 Å². The zero-order valence-electron chi connectivity index (χ0n) is 14.5. The molecule has 1 aromatic heterocycles. The van der Waals surface area contributed by atoms with E-state index in [4.69, 9.17) is 0 Å². The van der Waals surface area contributed by atoms with Crippen molar-refractivity contribution in [1.29, 1.82) is 0 Å². The first-order valence-electron chi connectivity index (χ1n) is 8.01. The molecule has 134 valence electrons. The van der Waals surface area contributed by atoms with Gasteiger partial charge in [0.15, 0.2) is 5.69 Å². The van der Waals surface area contributed by atoms with Crippen molar-refractivity contribution in [3.63, 3.8) is 0 Å². The summed E-state index contributed by atoms with van der Waals surface area (Å²) in [4.78, 5) is 25.6. The smallest absolute Gasteiger partial charge is 0.319 e. The summed E-state index contributed by atoms with van der Waals surface area (Å²) < 4.78 is 14.6. The van der Waals surface area contributed by atoms with E-state index in [1.807, 2.05) is 13.8 Å². The minimum absolute atomic E-state index is 0.198. The number of aromatic nitrogens is 2. The molecule has 0 unspecified atom stereocenters. The highest BCUT2D eigenvalue weighted by Crippen LogP contribution is 2.08. The maximum atomic E-state index is 12.8. The van der Waals surface area contributed by atoms with Crippen LogP contribution in [0.5, 0.6) is 0 Å². The van der Waals surface area contributed by atoms with Crippen LogP contribution in [0.1, 0.15) is 23.1 Å². The first kappa shape index (κ1) is 18.4. The highest BCUT2D eigenvalue weighted by Gasteiger charge is 2.16. The average Bonchev–Trinajstić information content (AvgIpc) is 2.97. The Bertz CT molecular complexity index is 742. The van der Waals surface area contributed by atoms with Crippen LogP contribution in [0.25, 0.3) is 0 Å². The van der Waals surface area contributed by atoms with Crippen LogP contribution in [-0.4, -0.2) is 46.8 Å². The number of carbonyl (C=O) groups excluding carboxylic acids is 2. The van der Waals surface area contributed by atoms with Gasteiger partial charge in [0, 0.05) is 38.1 Å². The van der Waals surface area contributed by atoms with Gasteiger partial charge < -0.3 is 15.5 Å². The molecule has 0 fully saturated rings. The molecular weight excluding hydrogens is 325 g/mol. The molecule has 8 heteroatoms. The van der Waals surface area contributed by atoms with E-state index in [1.54, 1.807) is 17.8 Å². The number of anilines is 1. The molecule has 0 aliphatic carbocycles. The molecule has 0 radical (unpaired) electrons. The first-order valence-corrected chi connectivity index (χ1v) is 8.01. The molecule has 1 heterocycles. The number of nitrogens with one attached hydrogen (secondary N) is 2. The predicted octanol–water partition coefficient (Wildman–Crippen LogP) is 2.24. The van der Waals surface area contributed by atoms with Crippen molar-refractivity contribution in [2.75, 3.05) is 25.5 Å². The molecule has 0 saturated heterocycles. The lowest BCUT2D eigenvalue weighted by molar-refractivity contribution is 0.0790. The number of nitrogens with zero attached hydrogens (tertiary/aromatic N) is 3. The van der Waals surface area contributed by atoms with Gasteiger partial charge in [0.1, 0.15) is 5.82 Å². The number of rotatable bonds is 6. The summed E-state index contributed by atoms with van der Waals surface area (Å²) in [7, 11) is 1.65. The molecule has 0 saturated carbocycles. The van der Waals surface area contributed by atoms with Gasteiger partial charge in [-0.25, -0.2) is 9.18 Å². The summed E-state index contributed by atoms with van der Waals surface area (Å²) in [6, 6.07) is 6.79. The van der Waals surface area contributed by atoms with Gasteiger partial charge in [-0.3, -0.25) is 9.48 Å². The number of halogens is 1. The van der Waals surface area contributed by atoms with E-state index in [2.05, 4.69) is 15.7 Å². The van der Waals surface area contributed by atoms with Crippen molar-refractivity contribution in [3.05, 3.63) is 47.5 Å². The number of benzene rings is 1. The third-order valence-corrected chi connectivity index (χ3v) is 3.68. The Kier molecular flexibility index (Phi) is 6.10. The fourth-order valence-electron chi connectivity index (χ4n) is 2.28.